The van der Waals surface area contributed by atoms with E-state index >= 15 is 0 Å². The Morgan fingerprint density at radius 3 is 2.72 bits per heavy atom. The van der Waals surface area contributed by atoms with E-state index in [2.05, 4.69) is 27.9 Å². The summed E-state index contributed by atoms with van der Waals surface area (Å²) in [5.41, 5.74) is 8.26. The van der Waals surface area contributed by atoms with E-state index in [4.69, 9.17) is 15.5 Å². The highest BCUT2D eigenvalue weighted by Gasteiger charge is 2.28. The molecule has 0 saturated heterocycles. The molecule has 212 valence electrons. The third-order valence-electron chi connectivity index (χ3n) is 7.74. The largest absolute Gasteiger partial charge is 0.449 e. The topological polar surface area (TPSA) is 151 Å². The minimum atomic E-state index is -0.525. The first kappa shape index (κ1) is 28.6. The second-order valence-electron chi connectivity index (χ2n) is 10.7. The number of anilines is 2. The van der Waals surface area contributed by atoms with Crippen molar-refractivity contribution in [3.63, 3.8) is 0 Å². The van der Waals surface area contributed by atoms with Gasteiger partial charge in [-0.05, 0) is 75.6 Å². The number of nitrogens with one attached hydrogen (secondary N) is 4. The van der Waals surface area contributed by atoms with Crippen molar-refractivity contribution < 1.29 is 19.1 Å². The van der Waals surface area contributed by atoms with Gasteiger partial charge in [0.1, 0.15) is 5.82 Å². The molecule has 2 bridgehead atoms. The molecule has 1 atom stereocenters. The Hall–Kier alpha value is -3.40. The summed E-state index contributed by atoms with van der Waals surface area (Å²) < 4.78 is 5.25. The van der Waals surface area contributed by atoms with Gasteiger partial charge in [0.2, 0.25) is 11.8 Å². The molecule has 2 aromatic rings. The molecule has 10 nitrogen and oxygen atoms in total. The van der Waals surface area contributed by atoms with Crippen LogP contribution in [0, 0.1) is 11.8 Å². The van der Waals surface area contributed by atoms with Crippen LogP contribution >= 0.6 is 0 Å². The second-order valence-corrected chi connectivity index (χ2v) is 10.7. The Morgan fingerprint density at radius 2 is 1.95 bits per heavy atom. The van der Waals surface area contributed by atoms with E-state index in [0.717, 1.165) is 56.9 Å². The van der Waals surface area contributed by atoms with Crippen molar-refractivity contribution in [1.29, 1.82) is 0 Å². The van der Waals surface area contributed by atoms with Crippen LogP contribution in [0.15, 0.2) is 24.4 Å². The van der Waals surface area contributed by atoms with Gasteiger partial charge in [0, 0.05) is 29.8 Å². The maximum atomic E-state index is 13.1. The molecule has 1 aliphatic carbocycles. The van der Waals surface area contributed by atoms with Crippen LogP contribution in [0.2, 0.25) is 0 Å². The number of rotatable bonds is 8. The highest BCUT2D eigenvalue weighted by molar-refractivity contribution is 5.97. The summed E-state index contributed by atoms with van der Waals surface area (Å²) in [6, 6.07) is 5.04. The fraction of sp³-hybridized carbons (Fsp3) is 0.586. The van der Waals surface area contributed by atoms with Crippen LogP contribution in [0.1, 0.15) is 89.4 Å². The number of H-pyrrole nitrogens is 1. The Balaban J connectivity index is 1.49. The van der Waals surface area contributed by atoms with Gasteiger partial charge in [0.25, 0.3) is 0 Å². The molecule has 1 aromatic heterocycles. The Kier molecular flexibility index (Phi) is 10.4. The molecule has 1 fully saturated rings. The van der Waals surface area contributed by atoms with Crippen LogP contribution in [-0.2, 0) is 14.3 Å². The van der Waals surface area contributed by atoms with Crippen LogP contribution in [0.5, 0.6) is 0 Å². The minimum absolute atomic E-state index is 0.000578. The number of hydrogen-bond acceptors (Lipinski definition) is 6. The van der Waals surface area contributed by atoms with Crippen molar-refractivity contribution in [3.8, 4) is 11.3 Å². The number of amides is 3. The first-order valence-corrected chi connectivity index (χ1v) is 14.4. The van der Waals surface area contributed by atoms with Crippen molar-refractivity contribution in [2.45, 2.75) is 83.6 Å². The van der Waals surface area contributed by atoms with Crippen molar-refractivity contribution in [1.82, 2.24) is 15.3 Å². The summed E-state index contributed by atoms with van der Waals surface area (Å²) in [5.74, 6) is 1.17. The number of nitrogens with zero attached hydrogens (tertiary/aromatic N) is 1. The van der Waals surface area contributed by atoms with Crippen molar-refractivity contribution in [2.75, 3.05) is 23.8 Å². The van der Waals surface area contributed by atoms with Gasteiger partial charge in [0.05, 0.1) is 24.0 Å². The molecule has 1 aromatic carbocycles. The number of aromatic nitrogens is 2. The molecule has 2 heterocycles. The number of aromatic amines is 1. The average Bonchev–Trinajstić information content (AvgIpc) is 3.42. The van der Waals surface area contributed by atoms with E-state index in [0.29, 0.717) is 61.2 Å². The predicted octanol–water partition coefficient (Wildman–Crippen LogP) is 5.25. The predicted molar refractivity (Wildman–Crippen MR) is 151 cm³/mol. The lowest BCUT2D eigenvalue weighted by molar-refractivity contribution is -0.127. The lowest BCUT2D eigenvalue weighted by atomic mass is 9.81. The molecule has 4 rings (SSSR count). The summed E-state index contributed by atoms with van der Waals surface area (Å²) >= 11 is 0. The average molecular weight is 539 g/mol. The molecule has 1 aliphatic heterocycles. The third-order valence-corrected chi connectivity index (χ3v) is 7.74. The number of unbranched alkanes of at least 4 members (excludes halogenated alkanes) is 2. The van der Waals surface area contributed by atoms with Crippen LogP contribution < -0.4 is 21.7 Å². The molecule has 0 radical (unpaired) electrons. The summed E-state index contributed by atoms with van der Waals surface area (Å²) in [6.45, 7) is 3.14. The molecule has 39 heavy (non-hydrogen) atoms. The first-order chi connectivity index (χ1) is 19.0. The van der Waals surface area contributed by atoms with Gasteiger partial charge in [-0.15, -0.1) is 0 Å². The van der Waals surface area contributed by atoms with Gasteiger partial charge in [-0.2, -0.15) is 0 Å². The summed E-state index contributed by atoms with van der Waals surface area (Å²) in [4.78, 5) is 46.2. The molecule has 6 N–H and O–H groups in total. The minimum Gasteiger partial charge on any atom is -0.449 e. The summed E-state index contributed by atoms with van der Waals surface area (Å²) in [6.07, 6.45) is 10.4. The lowest BCUT2D eigenvalue weighted by Gasteiger charge is -2.28. The number of carbonyl (C=O) groups excluding carboxylic acids is 3. The molecular weight excluding hydrogens is 496 g/mol. The van der Waals surface area contributed by atoms with E-state index in [1.807, 2.05) is 6.07 Å². The Morgan fingerprint density at radius 1 is 1.13 bits per heavy atom. The summed E-state index contributed by atoms with van der Waals surface area (Å²) in [7, 11) is 0. The molecule has 0 spiro atoms. The van der Waals surface area contributed by atoms with Gasteiger partial charge in [-0.1, -0.05) is 26.2 Å². The van der Waals surface area contributed by atoms with Gasteiger partial charge >= 0.3 is 6.09 Å². The smallest absolute Gasteiger partial charge is 0.411 e. The zero-order chi connectivity index (χ0) is 27.6. The van der Waals surface area contributed by atoms with Crippen LogP contribution in [0.3, 0.4) is 0 Å². The zero-order valence-corrected chi connectivity index (χ0v) is 22.9. The fourth-order valence-corrected chi connectivity index (χ4v) is 5.35. The number of imidazole rings is 1. The van der Waals surface area contributed by atoms with Crippen LogP contribution in [0.25, 0.3) is 11.3 Å². The van der Waals surface area contributed by atoms with Crippen molar-refractivity contribution in [3.05, 3.63) is 30.2 Å². The third kappa shape index (κ3) is 8.05. The maximum absolute atomic E-state index is 13.1. The Bertz CT molecular complexity index is 1120. The SMILES string of the molecule is CCCCCOC(=O)Nc1ccc2c(c1)NC(=O)CCCC[C@H](NC(=O)[C@H]1CC[C@H](CN)CC1)c1nc-2c[nH]1. The van der Waals surface area contributed by atoms with Crippen molar-refractivity contribution in [2.24, 2.45) is 17.6 Å². The maximum Gasteiger partial charge on any atom is 0.411 e. The number of carbonyl (C=O) groups is 3. The van der Waals surface area contributed by atoms with E-state index in [1.54, 1.807) is 18.3 Å². The lowest BCUT2D eigenvalue weighted by Crippen LogP contribution is -2.37. The number of nitrogens with two attached hydrogens (primary N) is 1. The number of ether oxygens (including phenoxy) is 1. The summed E-state index contributed by atoms with van der Waals surface area (Å²) in [5, 5.41) is 8.96. The number of fused-ring (bicyclic) bond motifs is 4. The fourth-order valence-electron chi connectivity index (χ4n) is 5.35. The molecule has 1 saturated carbocycles. The van der Waals surface area contributed by atoms with Crippen LogP contribution in [0.4, 0.5) is 16.2 Å². The molecule has 10 heteroatoms. The highest BCUT2D eigenvalue weighted by Crippen LogP contribution is 2.33. The first-order valence-electron chi connectivity index (χ1n) is 14.4. The van der Waals surface area contributed by atoms with E-state index < -0.39 is 6.09 Å². The van der Waals surface area contributed by atoms with E-state index in [9.17, 15) is 14.4 Å². The van der Waals surface area contributed by atoms with E-state index in [1.165, 1.54) is 0 Å². The van der Waals surface area contributed by atoms with Crippen molar-refractivity contribution >= 4 is 29.3 Å². The molecule has 2 aliphatic rings. The van der Waals surface area contributed by atoms with Gasteiger partial charge < -0.3 is 26.1 Å². The highest BCUT2D eigenvalue weighted by atomic mass is 16.5. The van der Waals surface area contributed by atoms with Gasteiger partial charge in [0.15, 0.2) is 0 Å². The zero-order valence-electron chi connectivity index (χ0n) is 22.9. The van der Waals surface area contributed by atoms with Gasteiger partial charge in [-0.3, -0.25) is 14.9 Å². The molecule has 0 unspecified atom stereocenters. The molecular formula is C29H42N6O4. The van der Waals surface area contributed by atoms with Gasteiger partial charge in [-0.25, -0.2) is 9.78 Å². The Labute approximate surface area is 230 Å². The number of hydrogen-bond donors (Lipinski definition) is 5. The van der Waals surface area contributed by atoms with E-state index in [-0.39, 0.29) is 23.8 Å². The normalized spacial score (nSPS) is 21.5. The monoisotopic (exact) mass is 538 g/mol. The standard InChI is InChI=1S/C29H42N6O4/c1-2-3-6-15-39-29(38)32-21-13-14-22-24(16-21)33-26(36)8-5-4-7-23(27-31-18-25(22)34-27)35-28(37)20-11-9-19(17-30)10-12-20/h13-14,16,18-20,23H,2-12,15,17,30H2,1H3,(H,31,34)(H,32,38)(H,33,36)(H,35,37)/t19-,20-,23-/m0/s1. The quantitative estimate of drug-likeness (QED) is 0.290. The molecule has 3 amide bonds. The second kappa shape index (κ2) is 14.1. The van der Waals surface area contributed by atoms with Crippen LogP contribution in [-0.4, -0.2) is 41.0 Å². The number of benzene rings is 1.